The second-order valence-electron chi connectivity index (χ2n) is 7.66. The second kappa shape index (κ2) is 8.63. The largest absolute Gasteiger partial charge is 0.325 e. The molecule has 0 spiro atoms. The van der Waals surface area contributed by atoms with Crippen molar-refractivity contribution in [2.75, 3.05) is 16.8 Å². The Morgan fingerprint density at radius 3 is 2.94 bits per heavy atom. The molecule has 1 amide bonds. The number of aromatic nitrogens is 4. The number of hydrogen-bond acceptors (Lipinski definition) is 5. The summed E-state index contributed by atoms with van der Waals surface area (Å²) >= 11 is 6.09. The van der Waals surface area contributed by atoms with Crippen molar-refractivity contribution in [2.45, 2.75) is 12.8 Å². The predicted molar refractivity (Wildman–Crippen MR) is 125 cm³/mol. The maximum absolute atomic E-state index is 15.3. The van der Waals surface area contributed by atoms with Gasteiger partial charge in [0.05, 0.1) is 18.3 Å². The molecule has 1 aliphatic heterocycles. The van der Waals surface area contributed by atoms with Gasteiger partial charge in [0.1, 0.15) is 22.6 Å². The highest BCUT2D eigenvalue weighted by Gasteiger charge is 2.29. The molecule has 33 heavy (non-hydrogen) atoms. The predicted octanol–water partition coefficient (Wildman–Crippen LogP) is 4.55. The number of hydrogen-bond donors (Lipinski definition) is 1. The molecule has 5 rings (SSSR count). The van der Waals surface area contributed by atoms with Crippen LogP contribution in [0.4, 0.5) is 21.7 Å². The third kappa shape index (κ3) is 4.17. The minimum Gasteiger partial charge on any atom is -0.325 e. The number of pyridine rings is 2. The molecule has 0 fully saturated rings. The van der Waals surface area contributed by atoms with E-state index in [0.29, 0.717) is 41.4 Å². The number of carbonyl (C=O) groups excluding carboxylic acids is 1. The van der Waals surface area contributed by atoms with E-state index in [2.05, 4.69) is 20.4 Å². The third-order valence-corrected chi connectivity index (χ3v) is 5.90. The zero-order chi connectivity index (χ0) is 23.7. The molecule has 0 unspecified atom stereocenters. The van der Waals surface area contributed by atoms with Crippen LogP contribution in [0.3, 0.4) is 0 Å². The van der Waals surface area contributed by atoms with Gasteiger partial charge in [-0.2, -0.15) is 5.10 Å². The number of fused-ring (bicyclic) bond motifs is 1. The molecule has 166 valence electrons. The van der Waals surface area contributed by atoms with E-state index in [0.717, 1.165) is 11.1 Å². The lowest BCUT2D eigenvalue weighted by Gasteiger charge is -2.19. The minimum atomic E-state index is -0.450. The van der Waals surface area contributed by atoms with Crippen molar-refractivity contribution in [1.82, 2.24) is 19.7 Å². The second-order valence-corrected chi connectivity index (χ2v) is 8.02. The standard InChI is InChI=1S/C24H20ClFN6O/c1-31-21(5-9-29-31)30-20-13-15(4-8-27-20)18-11-16-6-10-32(23(16)19(26)12-18)22(33)14-17-3-2-7-28-24(17)25/h2-5,7-9,11-13H,6,10,14H2,1H3,(H,27,30)/i1D. The van der Waals surface area contributed by atoms with Crippen LogP contribution >= 0.6 is 11.6 Å². The van der Waals surface area contributed by atoms with Crippen LogP contribution in [0.15, 0.2) is 61.1 Å². The zero-order valence-corrected chi connectivity index (χ0v) is 18.3. The summed E-state index contributed by atoms with van der Waals surface area (Å²) in [5, 5.41) is 7.47. The minimum absolute atomic E-state index is 0.0206. The average molecular weight is 464 g/mol. The summed E-state index contributed by atoms with van der Waals surface area (Å²) in [6, 6.07) is 12.2. The number of aryl methyl sites for hydroxylation is 1. The van der Waals surface area contributed by atoms with Crippen LogP contribution in [0, 0.1) is 5.82 Å². The first-order valence-corrected chi connectivity index (χ1v) is 10.7. The molecule has 1 aromatic carbocycles. The Morgan fingerprint density at radius 1 is 1.18 bits per heavy atom. The summed E-state index contributed by atoms with van der Waals surface area (Å²) in [5.74, 6) is 0.525. The molecular formula is C24H20ClFN6O. The lowest BCUT2D eigenvalue weighted by molar-refractivity contribution is -0.117. The summed E-state index contributed by atoms with van der Waals surface area (Å²) in [4.78, 5) is 22.7. The first-order valence-electron chi connectivity index (χ1n) is 11.0. The van der Waals surface area contributed by atoms with E-state index < -0.39 is 5.82 Å². The monoisotopic (exact) mass is 463 g/mol. The Morgan fingerprint density at radius 2 is 2.09 bits per heavy atom. The van der Waals surface area contributed by atoms with Crippen LogP contribution in [0.25, 0.3) is 11.1 Å². The van der Waals surface area contributed by atoms with Gasteiger partial charge in [-0.3, -0.25) is 9.48 Å². The van der Waals surface area contributed by atoms with Crippen molar-refractivity contribution < 1.29 is 10.6 Å². The number of rotatable bonds is 5. The fourth-order valence-electron chi connectivity index (χ4n) is 3.97. The first kappa shape index (κ1) is 19.9. The zero-order valence-electron chi connectivity index (χ0n) is 18.5. The smallest absolute Gasteiger partial charge is 0.231 e. The lowest BCUT2D eigenvalue weighted by Crippen LogP contribution is -2.31. The van der Waals surface area contributed by atoms with Crippen molar-refractivity contribution in [3.05, 3.63) is 83.2 Å². The molecule has 7 nitrogen and oxygen atoms in total. The molecule has 0 saturated carbocycles. The summed E-state index contributed by atoms with van der Waals surface area (Å²) in [6.07, 6.45) is 5.42. The van der Waals surface area contributed by atoms with Crippen LogP contribution in [0.2, 0.25) is 5.15 Å². The van der Waals surface area contributed by atoms with Crippen molar-refractivity contribution in [3.8, 4) is 11.1 Å². The lowest BCUT2D eigenvalue weighted by atomic mass is 10.0. The van der Waals surface area contributed by atoms with Crippen LogP contribution < -0.4 is 10.2 Å². The molecule has 0 bridgehead atoms. The highest BCUT2D eigenvalue weighted by molar-refractivity contribution is 6.30. The van der Waals surface area contributed by atoms with E-state index in [9.17, 15) is 4.79 Å². The van der Waals surface area contributed by atoms with E-state index in [1.54, 1.807) is 42.9 Å². The van der Waals surface area contributed by atoms with Gasteiger partial charge in [0.25, 0.3) is 0 Å². The maximum Gasteiger partial charge on any atom is 0.231 e. The van der Waals surface area contributed by atoms with E-state index in [1.807, 2.05) is 12.1 Å². The number of amides is 1. The fraction of sp³-hybridized carbons (Fsp3) is 0.167. The molecule has 1 aliphatic rings. The Balaban J connectivity index is 1.40. The number of carbonyl (C=O) groups is 1. The van der Waals surface area contributed by atoms with Crippen LogP contribution in [0.1, 0.15) is 12.5 Å². The highest BCUT2D eigenvalue weighted by Crippen LogP contribution is 2.36. The van der Waals surface area contributed by atoms with Crippen molar-refractivity contribution >= 4 is 34.8 Å². The Kier molecular flexibility index (Phi) is 5.20. The van der Waals surface area contributed by atoms with Gasteiger partial charge in [0.15, 0.2) is 0 Å². The third-order valence-electron chi connectivity index (χ3n) is 5.56. The Labute approximate surface area is 196 Å². The first-order chi connectivity index (χ1) is 16.5. The molecule has 1 N–H and O–H groups in total. The summed E-state index contributed by atoms with van der Waals surface area (Å²) in [5.41, 5.74) is 3.19. The Bertz CT molecular complexity index is 1380. The summed E-state index contributed by atoms with van der Waals surface area (Å²) in [6.45, 7) is 0.409. The molecule has 4 aromatic rings. The van der Waals surface area contributed by atoms with Crippen molar-refractivity contribution in [2.24, 2.45) is 7.02 Å². The van der Waals surface area contributed by atoms with E-state index >= 15 is 4.39 Å². The van der Waals surface area contributed by atoms with Gasteiger partial charge in [0, 0.05) is 33.4 Å². The molecule has 4 heterocycles. The van der Waals surface area contributed by atoms with Crippen LogP contribution in [-0.4, -0.2) is 32.2 Å². The van der Waals surface area contributed by atoms with Gasteiger partial charge in [0.2, 0.25) is 5.91 Å². The highest BCUT2D eigenvalue weighted by atomic mass is 35.5. The number of benzene rings is 1. The van der Waals surface area contributed by atoms with Gasteiger partial charge < -0.3 is 10.2 Å². The van der Waals surface area contributed by atoms with E-state index in [-0.39, 0.29) is 24.5 Å². The number of nitrogens with zero attached hydrogens (tertiary/aromatic N) is 5. The van der Waals surface area contributed by atoms with Crippen molar-refractivity contribution in [3.63, 3.8) is 0 Å². The van der Waals surface area contributed by atoms with Gasteiger partial charge in [-0.25, -0.2) is 14.4 Å². The molecule has 0 radical (unpaired) electrons. The van der Waals surface area contributed by atoms with Crippen LogP contribution in [0.5, 0.6) is 0 Å². The van der Waals surface area contributed by atoms with Crippen molar-refractivity contribution in [1.29, 1.82) is 0 Å². The SMILES string of the molecule is [2H]Cn1nccc1Nc1cc(-c2cc(F)c3c(c2)CCN3C(=O)Cc2cccnc2Cl)ccn1. The molecule has 0 atom stereocenters. The van der Waals surface area contributed by atoms with E-state index in [4.69, 9.17) is 13.0 Å². The van der Waals surface area contributed by atoms with Gasteiger partial charge in [-0.15, -0.1) is 0 Å². The summed E-state index contributed by atoms with van der Waals surface area (Å²) in [7, 11) is -0.0206. The normalized spacial score (nSPS) is 13.0. The molecule has 0 aliphatic carbocycles. The van der Waals surface area contributed by atoms with Gasteiger partial charge in [-0.05, 0) is 59.0 Å². The quantitative estimate of drug-likeness (QED) is 0.439. The number of halogens is 2. The maximum atomic E-state index is 15.3. The topological polar surface area (TPSA) is 75.9 Å². The van der Waals surface area contributed by atoms with Gasteiger partial charge in [-0.1, -0.05) is 17.7 Å². The molecule has 3 aromatic heterocycles. The fourth-order valence-corrected chi connectivity index (χ4v) is 4.15. The number of anilines is 3. The molecular weight excluding hydrogens is 443 g/mol. The summed E-state index contributed by atoms with van der Waals surface area (Å²) < 4.78 is 24.3. The number of nitrogens with one attached hydrogen (secondary N) is 1. The van der Waals surface area contributed by atoms with Crippen LogP contribution in [-0.2, 0) is 24.7 Å². The van der Waals surface area contributed by atoms with Gasteiger partial charge >= 0.3 is 0 Å². The Hall–Kier alpha value is -3.78. The molecule has 9 heteroatoms. The van der Waals surface area contributed by atoms with E-state index in [1.165, 1.54) is 15.6 Å². The average Bonchev–Trinajstić information content (AvgIpc) is 3.47. The molecule has 0 saturated heterocycles.